The summed E-state index contributed by atoms with van der Waals surface area (Å²) in [6.45, 7) is 7.42. The number of hydrogen-bond acceptors (Lipinski definition) is 4. The van der Waals surface area contributed by atoms with E-state index in [1.165, 1.54) is 13.2 Å². The molecule has 0 spiro atoms. The molecule has 0 saturated heterocycles. The van der Waals surface area contributed by atoms with Crippen molar-refractivity contribution in [1.82, 2.24) is 0 Å². The van der Waals surface area contributed by atoms with Crippen LogP contribution >= 0.6 is 0 Å². The van der Waals surface area contributed by atoms with Gasteiger partial charge in [-0.2, -0.15) is 0 Å². The van der Waals surface area contributed by atoms with E-state index in [9.17, 15) is 14.7 Å². The zero-order valence-corrected chi connectivity index (χ0v) is 14.7. The van der Waals surface area contributed by atoms with Crippen LogP contribution in [0, 0.1) is 11.3 Å². The highest BCUT2D eigenvalue weighted by molar-refractivity contribution is 6.13. The number of aromatic hydroxyl groups is 1. The largest absolute Gasteiger partial charge is 0.504 e. The van der Waals surface area contributed by atoms with Crippen LogP contribution in [0.4, 0.5) is 0 Å². The zero-order chi connectivity index (χ0) is 18.4. The first-order valence-electron chi connectivity index (χ1n) is 8.31. The maximum atomic E-state index is 13.0. The van der Waals surface area contributed by atoms with Crippen molar-refractivity contribution in [3.05, 3.63) is 59.7 Å². The normalized spacial score (nSPS) is 28.8. The lowest BCUT2D eigenvalue weighted by molar-refractivity contribution is -0.137. The van der Waals surface area contributed by atoms with Crippen LogP contribution in [0.3, 0.4) is 0 Å². The molecule has 0 fully saturated rings. The first kappa shape index (κ1) is 17.2. The zero-order valence-electron chi connectivity index (χ0n) is 14.7. The maximum Gasteiger partial charge on any atom is 0.163 e. The van der Waals surface area contributed by atoms with Crippen LogP contribution in [0.15, 0.2) is 54.2 Å². The fourth-order valence-electron chi connectivity index (χ4n) is 4.18. The Hall–Kier alpha value is -2.62. The van der Waals surface area contributed by atoms with E-state index in [4.69, 9.17) is 4.74 Å². The fourth-order valence-corrected chi connectivity index (χ4v) is 4.18. The molecule has 130 valence electrons. The van der Waals surface area contributed by atoms with Gasteiger partial charge in [-0.15, -0.1) is 0 Å². The molecule has 0 aliphatic heterocycles. The minimum atomic E-state index is -0.893. The number of ketones is 2. The van der Waals surface area contributed by atoms with E-state index in [0.717, 1.165) is 11.1 Å². The number of fused-ring (bicyclic) bond motifs is 1. The third-order valence-corrected chi connectivity index (χ3v) is 5.60. The summed E-state index contributed by atoms with van der Waals surface area (Å²) in [5, 5.41) is 10.2. The van der Waals surface area contributed by atoms with Crippen molar-refractivity contribution < 1.29 is 19.4 Å². The number of carbonyl (C=O) groups is 2. The molecule has 2 aliphatic carbocycles. The summed E-state index contributed by atoms with van der Waals surface area (Å²) in [5.41, 5.74) is 1.29. The van der Waals surface area contributed by atoms with Crippen LogP contribution in [0.5, 0.6) is 11.5 Å². The van der Waals surface area contributed by atoms with Gasteiger partial charge in [0.25, 0.3) is 0 Å². The second-order valence-corrected chi connectivity index (χ2v) is 6.90. The molecule has 2 aliphatic rings. The van der Waals surface area contributed by atoms with E-state index >= 15 is 0 Å². The first-order chi connectivity index (χ1) is 11.8. The van der Waals surface area contributed by atoms with E-state index in [-0.39, 0.29) is 23.2 Å². The molecule has 4 heteroatoms. The highest BCUT2D eigenvalue weighted by atomic mass is 16.5. The number of allylic oxidation sites excluding steroid dienone is 5. The average molecular weight is 338 g/mol. The van der Waals surface area contributed by atoms with E-state index in [2.05, 4.69) is 6.58 Å². The van der Waals surface area contributed by atoms with Gasteiger partial charge in [-0.1, -0.05) is 31.7 Å². The minimum absolute atomic E-state index is 0.00967. The van der Waals surface area contributed by atoms with Crippen LogP contribution < -0.4 is 4.74 Å². The van der Waals surface area contributed by atoms with Crippen molar-refractivity contribution in [2.45, 2.75) is 26.2 Å². The first-order valence-corrected chi connectivity index (χ1v) is 8.31. The van der Waals surface area contributed by atoms with Crippen molar-refractivity contribution in [3.63, 3.8) is 0 Å². The molecule has 0 aromatic heterocycles. The standard InChI is InChI=1S/C21H22O4/c1-5-13-6-8-15-20(24)12(2)10-18(23)21(15,3)19(13)14-7-9-17(25-4)16(22)11-14/h5-7,9-11,15,19,22H,1,8H2,2-4H3/t15-,19+,21-/m0/s1. The Labute approximate surface area is 147 Å². The summed E-state index contributed by atoms with van der Waals surface area (Å²) in [5.74, 6) is -0.404. The lowest BCUT2D eigenvalue weighted by Gasteiger charge is -2.47. The quantitative estimate of drug-likeness (QED) is 0.912. The molecule has 0 saturated carbocycles. The second kappa shape index (κ2) is 6.03. The molecule has 0 unspecified atom stereocenters. The molecule has 3 rings (SSSR count). The number of methoxy groups -OCH3 is 1. The summed E-state index contributed by atoms with van der Waals surface area (Å²) >= 11 is 0. The van der Waals surface area contributed by atoms with Crippen LogP contribution in [0.2, 0.25) is 0 Å². The Balaban J connectivity index is 2.21. The molecule has 1 aromatic carbocycles. The number of rotatable bonds is 3. The third kappa shape index (κ3) is 2.44. The molecule has 25 heavy (non-hydrogen) atoms. The molecule has 0 heterocycles. The van der Waals surface area contributed by atoms with Gasteiger partial charge in [0.15, 0.2) is 23.1 Å². The lowest BCUT2D eigenvalue weighted by atomic mass is 9.53. The monoisotopic (exact) mass is 338 g/mol. The Morgan fingerprint density at radius 3 is 2.68 bits per heavy atom. The van der Waals surface area contributed by atoms with Gasteiger partial charge in [-0.3, -0.25) is 9.59 Å². The van der Waals surface area contributed by atoms with Gasteiger partial charge in [0.2, 0.25) is 0 Å². The summed E-state index contributed by atoms with van der Waals surface area (Å²) < 4.78 is 5.11. The van der Waals surface area contributed by atoms with Crippen molar-refractivity contribution in [2.75, 3.05) is 7.11 Å². The Bertz CT molecular complexity index is 830. The number of carbonyl (C=O) groups excluding carboxylic acids is 2. The molecule has 1 aromatic rings. The fraction of sp³-hybridized carbons (Fsp3) is 0.333. The Kier molecular flexibility index (Phi) is 4.15. The lowest BCUT2D eigenvalue weighted by Crippen LogP contribution is -2.49. The molecule has 0 amide bonds. The summed E-state index contributed by atoms with van der Waals surface area (Å²) in [6, 6.07) is 5.11. The highest BCUT2D eigenvalue weighted by Gasteiger charge is 2.54. The third-order valence-electron chi connectivity index (χ3n) is 5.60. The number of Topliss-reactive ketones (excluding diaryl/α,β-unsaturated/α-hetero) is 1. The molecule has 0 radical (unpaired) electrons. The van der Waals surface area contributed by atoms with E-state index in [1.54, 1.807) is 25.1 Å². The van der Waals surface area contributed by atoms with E-state index in [0.29, 0.717) is 17.7 Å². The molecule has 0 bridgehead atoms. The molecule has 3 atom stereocenters. The average Bonchev–Trinajstić information content (AvgIpc) is 2.59. The van der Waals surface area contributed by atoms with Crippen LogP contribution in [0.25, 0.3) is 0 Å². The smallest absolute Gasteiger partial charge is 0.163 e. The van der Waals surface area contributed by atoms with E-state index < -0.39 is 11.3 Å². The number of phenolic OH excluding ortho intramolecular Hbond substituents is 1. The topological polar surface area (TPSA) is 63.6 Å². The number of ether oxygens (including phenoxy) is 1. The molecule has 1 N–H and O–H groups in total. The maximum absolute atomic E-state index is 13.0. The Morgan fingerprint density at radius 2 is 2.08 bits per heavy atom. The second-order valence-electron chi connectivity index (χ2n) is 6.90. The number of phenols is 1. The summed E-state index contributed by atoms with van der Waals surface area (Å²) in [6.07, 6.45) is 5.69. The van der Waals surface area contributed by atoms with Crippen molar-refractivity contribution in [2.24, 2.45) is 11.3 Å². The SMILES string of the molecule is C=CC1=CC[C@H]2C(=O)C(C)=CC(=O)[C@@]2(C)[C@H]1c1ccc(OC)c(O)c1. The van der Waals surface area contributed by atoms with Gasteiger partial charge < -0.3 is 9.84 Å². The van der Waals surface area contributed by atoms with Crippen molar-refractivity contribution in [3.8, 4) is 11.5 Å². The van der Waals surface area contributed by atoms with Crippen molar-refractivity contribution in [1.29, 1.82) is 0 Å². The number of hydrogen-bond donors (Lipinski definition) is 1. The Morgan fingerprint density at radius 1 is 1.36 bits per heavy atom. The minimum Gasteiger partial charge on any atom is -0.504 e. The van der Waals surface area contributed by atoms with Crippen molar-refractivity contribution >= 4 is 11.6 Å². The van der Waals surface area contributed by atoms with E-state index in [1.807, 2.05) is 19.1 Å². The number of benzene rings is 1. The van der Waals surface area contributed by atoms with Crippen LogP contribution in [-0.2, 0) is 9.59 Å². The van der Waals surface area contributed by atoms with Gasteiger partial charge in [-0.25, -0.2) is 0 Å². The van der Waals surface area contributed by atoms with Gasteiger partial charge in [0, 0.05) is 11.8 Å². The summed E-state index contributed by atoms with van der Waals surface area (Å²) in [7, 11) is 1.48. The predicted molar refractivity (Wildman–Crippen MR) is 95.7 cm³/mol. The van der Waals surface area contributed by atoms with Crippen LogP contribution in [-0.4, -0.2) is 23.8 Å². The van der Waals surface area contributed by atoms with Gasteiger partial charge >= 0.3 is 0 Å². The van der Waals surface area contributed by atoms with Gasteiger partial charge in [-0.05, 0) is 48.3 Å². The molecular formula is C21H22O4. The molecule has 4 nitrogen and oxygen atoms in total. The summed E-state index contributed by atoms with van der Waals surface area (Å²) in [4.78, 5) is 25.7. The predicted octanol–water partition coefficient (Wildman–Crippen LogP) is 3.72. The van der Waals surface area contributed by atoms with Gasteiger partial charge in [0.1, 0.15) is 0 Å². The van der Waals surface area contributed by atoms with Crippen LogP contribution in [0.1, 0.15) is 31.7 Å². The van der Waals surface area contributed by atoms with Gasteiger partial charge in [0.05, 0.1) is 12.5 Å². The molecular weight excluding hydrogens is 316 g/mol. The highest BCUT2D eigenvalue weighted by Crippen LogP contribution is 2.55.